The lowest BCUT2D eigenvalue weighted by Gasteiger charge is -2.60. The molecule has 0 radical (unpaired) electrons. The molecule has 5 nitrogen and oxygen atoms in total. The predicted octanol–water partition coefficient (Wildman–Crippen LogP) is 2.86. The number of ether oxygens (including phenoxy) is 2. The summed E-state index contributed by atoms with van der Waals surface area (Å²) in [7, 11) is 3.70. The summed E-state index contributed by atoms with van der Waals surface area (Å²) in [5.41, 5.74) is 2.81. The van der Waals surface area contributed by atoms with Crippen molar-refractivity contribution >= 4 is 16.9 Å². The van der Waals surface area contributed by atoms with Crippen LogP contribution in [0.2, 0.25) is 0 Å². The van der Waals surface area contributed by atoms with Gasteiger partial charge in [0.2, 0.25) is 0 Å². The van der Waals surface area contributed by atoms with Crippen LogP contribution in [0, 0.1) is 18.8 Å². The van der Waals surface area contributed by atoms with Crippen molar-refractivity contribution in [2.45, 2.75) is 38.0 Å². The fourth-order valence-corrected chi connectivity index (χ4v) is 6.15. The van der Waals surface area contributed by atoms with Crippen LogP contribution >= 0.6 is 0 Å². The molecule has 3 aliphatic heterocycles. The maximum absolute atomic E-state index is 13.3. The normalized spacial score (nSPS) is 36.0. The van der Waals surface area contributed by atoms with Crippen molar-refractivity contribution in [1.29, 1.82) is 0 Å². The first-order valence-electron chi connectivity index (χ1n) is 9.52. The van der Waals surface area contributed by atoms with Gasteiger partial charge in [0.1, 0.15) is 5.41 Å². The van der Waals surface area contributed by atoms with Gasteiger partial charge >= 0.3 is 5.97 Å². The Morgan fingerprint density at radius 3 is 2.88 bits per heavy atom. The second kappa shape index (κ2) is 5.33. The second-order valence-corrected chi connectivity index (χ2v) is 8.21. The van der Waals surface area contributed by atoms with Gasteiger partial charge in [0.15, 0.2) is 0 Å². The first kappa shape index (κ1) is 16.3. The Balaban J connectivity index is 1.93. The number of aryl methyl sites for hydroxylation is 1. The number of methoxy groups -OCH3 is 1. The number of benzene rings is 1. The van der Waals surface area contributed by atoms with E-state index in [1.165, 1.54) is 23.6 Å². The van der Waals surface area contributed by atoms with Crippen LogP contribution < -0.4 is 0 Å². The minimum atomic E-state index is -0.702. The number of fused-ring (bicyclic) bond motifs is 5. The Labute approximate surface area is 153 Å². The molecule has 5 heteroatoms. The van der Waals surface area contributed by atoms with E-state index in [1.807, 2.05) is 0 Å². The van der Waals surface area contributed by atoms with E-state index in [0.29, 0.717) is 6.61 Å². The largest absolute Gasteiger partial charge is 0.468 e. The van der Waals surface area contributed by atoms with Gasteiger partial charge in [-0.25, -0.2) is 0 Å². The number of aromatic nitrogens is 1. The molecule has 0 amide bonds. The molecule has 5 rings (SSSR count). The molecule has 1 aromatic carbocycles. The van der Waals surface area contributed by atoms with Gasteiger partial charge < -0.3 is 14.0 Å². The van der Waals surface area contributed by atoms with Crippen molar-refractivity contribution in [3.05, 3.63) is 35.5 Å². The van der Waals surface area contributed by atoms with Gasteiger partial charge in [-0.3, -0.25) is 9.69 Å². The number of rotatable bonds is 1. The molecule has 2 saturated heterocycles. The highest BCUT2D eigenvalue weighted by Crippen LogP contribution is 2.58. The van der Waals surface area contributed by atoms with Crippen molar-refractivity contribution < 1.29 is 14.3 Å². The van der Waals surface area contributed by atoms with Crippen molar-refractivity contribution in [3.63, 3.8) is 0 Å². The lowest BCUT2D eigenvalue weighted by atomic mass is 9.58. The standard InChI is InChI=1S/C21H26N2O3/c1-12-14-7-5-6-8-16(14)23-18(12)21(20(24)25-4)11-26-13(2)17-15(21)9-10-22(3)19(17)23/h5-8,13,15,17,19H,9-11H2,1-4H3/t13-,15-,17-,19-,21-/m0/s1. The molecule has 4 heterocycles. The highest BCUT2D eigenvalue weighted by Gasteiger charge is 2.64. The maximum atomic E-state index is 13.3. The van der Waals surface area contributed by atoms with Gasteiger partial charge in [-0.2, -0.15) is 0 Å². The van der Waals surface area contributed by atoms with E-state index < -0.39 is 5.41 Å². The molecule has 2 fully saturated rings. The van der Waals surface area contributed by atoms with Crippen LogP contribution in [0.25, 0.3) is 10.9 Å². The molecule has 2 aromatic rings. The molecule has 0 spiro atoms. The molecule has 0 N–H and O–H groups in total. The molecule has 1 aromatic heterocycles. The fourth-order valence-electron chi connectivity index (χ4n) is 6.15. The summed E-state index contributed by atoms with van der Waals surface area (Å²) >= 11 is 0. The minimum Gasteiger partial charge on any atom is -0.468 e. The maximum Gasteiger partial charge on any atom is 0.320 e. The van der Waals surface area contributed by atoms with E-state index in [1.54, 1.807) is 0 Å². The number of carbonyl (C=O) groups is 1. The molecule has 0 aliphatic carbocycles. The van der Waals surface area contributed by atoms with Crippen LogP contribution in [0.15, 0.2) is 24.3 Å². The summed E-state index contributed by atoms with van der Waals surface area (Å²) in [4.78, 5) is 15.7. The summed E-state index contributed by atoms with van der Waals surface area (Å²) < 4.78 is 14.0. The Kier molecular flexibility index (Phi) is 3.35. The number of hydrogen-bond donors (Lipinski definition) is 0. The van der Waals surface area contributed by atoms with Gasteiger partial charge in [0, 0.05) is 29.1 Å². The van der Waals surface area contributed by atoms with Crippen LogP contribution in [-0.2, 0) is 19.7 Å². The van der Waals surface area contributed by atoms with Crippen LogP contribution in [0.5, 0.6) is 0 Å². The number of hydrogen-bond acceptors (Lipinski definition) is 4. The van der Waals surface area contributed by atoms with Crippen LogP contribution in [-0.4, -0.2) is 48.8 Å². The molecule has 0 unspecified atom stereocenters. The SMILES string of the molecule is COC(=O)[C@@]12CO[C@@H](C)[C@@H]3[C@@H](N(C)CC[C@@H]31)n1c2c(C)c2ccccc21. The highest BCUT2D eigenvalue weighted by molar-refractivity contribution is 5.92. The lowest BCUT2D eigenvalue weighted by molar-refractivity contribution is -0.197. The number of para-hydroxylation sites is 1. The van der Waals surface area contributed by atoms with Crippen molar-refractivity contribution in [2.24, 2.45) is 11.8 Å². The van der Waals surface area contributed by atoms with Gasteiger partial charge in [-0.1, -0.05) is 18.2 Å². The third-order valence-corrected chi connectivity index (χ3v) is 7.20. The first-order valence-corrected chi connectivity index (χ1v) is 9.52. The zero-order valence-electron chi connectivity index (χ0n) is 15.9. The van der Waals surface area contributed by atoms with Gasteiger partial charge in [0.05, 0.1) is 26.0 Å². The van der Waals surface area contributed by atoms with E-state index in [0.717, 1.165) is 18.7 Å². The number of likely N-dealkylation sites (tertiary alicyclic amines) is 1. The summed E-state index contributed by atoms with van der Waals surface area (Å²) in [5, 5.41) is 1.23. The monoisotopic (exact) mass is 354 g/mol. The summed E-state index contributed by atoms with van der Waals surface area (Å²) in [5.74, 6) is 0.397. The third-order valence-electron chi connectivity index (χ3n) is 7.20. The summed E-state index contributed by atoms with van der Waals surface area (Å²) in [6.45, 7) is 5.71. The zero-order chi connectivity index (χ0) is 18.2. The molecule has 5 atom stereocenters. The van der Waals surface area contributed by atoms with Crippen molar-refractivity contribution in [3.8, 4) is 0 Å². The number of piperidine rings is 1. The van der Waals surface area contributed by atoms with Gasteiger partial charge in [-0.05, 0) is 44.9 Å². The minimum absolute atomic E-state index is 0.125. The Bertz CT molecular complexity index is 904. The van der Waals surface area contributed by atoms with E-state index in [4.69, 9.17) is 9.47 Å². The summed E-state index contributed by atoms with van der Waals surface area (Å²) in [6.07, 6.45) is 1.34. The average Bonchev–Trinajstić information content (AvgIpc) is 2.95. The van der Waals surface area contributed by atoms with Gasteiger partial charge in [0.25, 0.3) is 0 Å². The zero-order valence-corrected chi connectivity index (χ0v) is 15.9. The van der Waals surface area contributed by atoms with Crippen LogP contribution in [0.4, 0.5) is 0 Å². The smallest absolute Gasteiger partial charge is 0.320 e. The van der Waals surface area contributed by atoms with E-state index >= 15 is 0 Å². The first-order chi connectivity index (χ1) is 12.5. The predicted molar refractivity (Wildman–Crippen MR) is 99.0 cm³/mol. The summed E-state index contributed by atoms with van der Waals surface area (Å²) in [6, 6.07) is 8.51. The molecule has 138 valence electrons. The van der Waals surface area contributed by atoms with E-state index in [2.05, 4.69) is 54.6 Å². The van der Waals surface area contributed by atoms with E-state index in [-0.39, 0.29) is 30.1 Å². The van der Waals surface area contributed by atoms with Crippen molar-refractivity contribution in [2.75, 3.05) is 27.3 Å². The molecule has 0 saturated carbocycles. The van der Waals surface area contributed by atoms with E-state index in [9.17, 15) is 4.79 Å². The molecule has 3 aliphatic rings. The Morgan fingerprint density at radius 1 is 1.35 bits per heavy atom. The third kappa shape index (κ3) is 1.71. The fraction of sp³-hybridized carbons (Fsp3) is 0.571. The molecular formula is C21H26N2O3. The molecule has 26 heavy (non-hydrogen) atoms. The van der Waals surface area contributed by atoms with Gasteiger partial charge in [-0.15, -0.1) is 0 Å². The van der Waals surface area contributed by atoms with Crippen LogP contribution in [0.3, 0.4) is 0 Å². The van der Waals surface area contributed by atoms with Crippen molar-refractivity contribution in [1.82, 2.24) is 9.47 Å². The number of carbonyl (C=O) groups excluding carboxylic acids is 1. The lowest BCUT2D eigenvalue weighted by Crippen LogP contribution is -2.67. The Hall–Kier alpha value is -1.85. The second-order valence-electron chi connectivity index (χ2n) is 8.21. The van der Waals surface area contributed by atoms with Crippen LogP contribution in [0.1, 0.15) is 30.8 Å². The quantitative estimate of drug-likeness (QED) is 0.739. The average molecular weight is 354 g/mol. The molecular weight excluding hydrogens is 328 g/mol. The molecule has 4 bridgehead atoms. The number of esters is 1. The highest BCUT2D eigenvalue weighted by atomic mass is 16.5. The Morgan fingerprint density at radius 2 is 2.12 bits per heavy atom. The number of nitrogens with zero attached hydrogens (tertiary/aromatic N) is 2. The topological polar surface area (TPSA) is 43.7 Å².